The zero-order valence-corrected chi connectivity index (χ0v) is 14.7. The summed E-state index contributed by atoms with van der Waals surface area (Å²) in [5, 5.41) is 21.7. The number of carbonyl (C=O) groups excluding carboxylic acids is 2. The first-order valence-corrected chi connectivity index (χ1v) is 8.54. The standard InChI is InChI=1S/C18H20N4O5/c1-10(23)22-9-12(24)7-16(22)17(25)21-15(18(26)27)6-11-8-19-13-4-2-3-5-14(13)20-11/h2-5,8,12,15-16,24H,6-7,9H2,1H3,(H,21,25)(H,26,27)/t12-,15+,16+/m1/s1. The van der Waals surface area contributed by atoms with Gasteiger partial charge in [-0.15, -0.1) is 0 Å². The lowest BCUT2D eigenvalue weighted by molar-refractivity contribution is -0.143. The van der Waals surface area contributed by atoms with E-state index in [1.54, 1.807) is 18.2 Å². The normalized spacial score (nSPS) is 20.4. The number of hydrogen-bond donors (Lipinski definition) is 3. The van der Waals surface area contributed by atoms with Crippen LogP contribution in [-0.2, 0) is 20.8 Å². The number of benzene rings is 1. The molecule has 2 amide bonds. The van der Waals surface area contributed by atoms with Gasteiger partial charge in [0.25, 0.3) is 0 Å². The Morgan fingerprint density at radius 1 is 1.30 bits per heavy atom. The molecule has 1 aliphatic rings. The molecule has 9 heteroatoms. The smallest absolute Gasteiger partial charge is 0.326 e. The number of aromatic nitrogens is 2. The summed E-state index contributed by atoms with van der Waals surface area (Å²) >= 11 is 0. The molecule has 0 aliphatic carbocycles. The molecule has 142 valence electrons. The van der Waals surface area contributed by atoms with Gasteiger partial charge < -0.3 is 20.4 Å². The summed E-state index contributed by atoms with van der Waals surface area (Å²) in [5.41, 5.74) is 1.75. The third-order valence-electron chi connectivity index (χ3n) is 4.51. The number of nitrogens with one attached hydrogen (secondary N) is 1. The van der Waals surface area contributed by atoms with Crippen molar-refractivity contribution in [3.8, 4) is 0 Å². The molecule has 1 aromatic heterocycles. The number of carboxylic acids is 1. The number of carbonyl (C=O) groups is 3. The minimum atomic E-state index is -1.22. The molecule has 9 nitrogen and oxygen atoms in total. The van der Waals surface area contributed by atoms with E-state index in [1.807, 2.05) is 6.07 Å². The zero-order valence-electron chi connectivity index (χ0n) is 14.7. The van der Waals surface area contributed by atoms with Gasteiger partial charge in [-0.3, -0.25) is 14.6 Å². The van der Waals surface area contributed by atoms with Gasteiger partial charge in [0.1, 0.15) is 12.1 Å². The van der Waals surface area contributed by atoms with Crippen molar-refractivity contribution in [3.05, 3.63) is 36.2 Å². The molecule has 3 atom stereocenters. The summed E-state index contributed by atoms with van der Waals surface area (Å²) in [5.74, 6) is -2.17. The number of para-hydroxylation sites is 2. The van der Waals surface area contributed by atoms with E-state index >= 15 is 0 Å². The Kier molecular flexibility index (Phi) is 5.31. The van der Waals surface area contributed by atoms with Crippen LogP contribution in [0.2, 0.25) is 0 Å². The van der Waals surface area contributed by atoms with Crippen molar-refractivity contribution in [2.75, 3.05) is 6.54 Å². The van der Waals surface area contributed by atoms with E-state index in [4.69, 9.17) is 0 Å². The van der Waals surface area contributed by atoms with E-state index in [1.165, 1.54) is 18.0 Å². The zero-order chi connectivity index (χ0) is 19.6. The van der Waals surface area contributed by atoms with Crippen LogP contribution in [-0.4, -0.2) is 67.6 Å². The van der Waals surface area contributed by atoms with Gasteiger partial charge >= 0.3 is 5.97 Å². The summed E-state index contributed by atoms with van der Waals surface area (Å²) in [7, 11) is 0. The van der Waals surface area contributed by atoms with Gasteiger partial charge in [0, 0.05) is 32.5 Å². The Bertz CT molecular complexity index is 887. The minimum Gasteiger partial charge on any atom is -0.480 e. The lowest BCUT2D eigenvalue weighted by atomic mass is 10.1. The molecule has 1 fully saturated rings. The molecule has 2 aromatic rings. The largest absolute Gasteiger partial charge is 0.480 e. The van der Waals surface area contributed by atoms with Gasteiger partial charge in [0.2, 0.25) is 11.8 Å². The van der Waals surface area contributed by atoms with Gasteiger partial charge in [-0.2, -0.15) is 0 Å². The maximum Gasteiger partial charge on any atom is 0.326 e. The molecule has 0 bridgehead atoms. The van der Waals surface area contributed by atoms with Crippen LogP contribution in [0.3, 0.4) is 0 Å². The van der Waals surface area contributed by atoms with Crippen molar-refractivity contribution < 1.29 is 24.6 Å². The van der Waals surface area contributed by atoms with E-state index in [-0.39, 0.29) is 25.3 Å². The number of aliphatic hydroxyl groups is 1. The molecule has 3 rings (SSSR count). The predicted octanol–water partition coefficient (Wildman–Crippen LogP) is -0.277. The van der Waals surface area contributed by atoms with Gasteiger partial charge in [-0.1, -0.05) is 12.1 Å². The summed E-state index contributed by atoms with van der Waals surface area (Å²) in [6.07, 6.45) is 0.701. The second-order valence-electron chi connectivity index (χ2n) is 6.53. The highest BCUT2D eigenvalue weighted by molar-refractivity contribution is 5.90. The lowest BCUT2D eigenvalue weighted by Gasteiger charge is -2.24. The third-order valence-corrected chi connectivity index (χ3v) is 4.51. The highest BCUT2D eigenvalue weighted by Gasteiger charge is 2.38. The Morgan fingerprint density at radius 3 is 2.67 bits per heavy atom. The first-order chi connectivity index (χ1) is 12.8. The monoisotopic (exact) mass is 372 g/mol. The van der Waals surface area contributed by atoms with Crippen molar-refractivity contribution >= 4 is 28.8 Å². The number of aliphatic carboxylic acids is 1. The first-order valence-electron chi connectivity index (χ1n) is 8.54. The van der Waals surface area contributed by atoms with E-state index in [0.717, 1.165) is 0 Å². The fourth-order valence-electron chi connectivity index (χ4n) is 3.18. The van der Waals surface area contributed by atoms with Crippen LogP contribution < -0.4 is 5.32 Å². The summed E-state index contributed by atoms with van der Waals surface area (Å²) in [4.78, 5) is 45.6. The van der Waals surface area contributed by atoms with Crippen molar-refractivity contribution in [2.45, 2.75) is 38.0 Å². The molecule has 1 aromatic carbocycles. The van der Waals surface area contributed by atoms with Crippen LogP contribution in [0.1, 0.15) is 19.0 Å². The highest BCUT2D eigenvalue weighted by Crippen LogP contribution is 2.18. The Balaban J connectivity index is 1.74. The van der Waals surface area contributed by atoms with Gasteiger partial charge in [-0.25, -0.2) is 9.78 Å². The molecule has 27 heavy (non-hydrogen) atoms. The summed E-state index contributed by atoms with van der Waals surface area (Å²) < 4.78 is 0. The second kappa shape index (κ2) is 7.67. The lowest BCUT2D eigenvalue weighted by Crippen LogP contribution is -2.51. The molecule has 3 N–H and O–H groups in total. The summed E-state index contributed by atoms with van der Waals surface area (Å²) in [6.45, 7) is 1.36. The quantitative estimate of drug-likeness (QED) is 0.658. The summed E-state index contributed by atoms with van der Waals surface area (Å²) in [6, 6.07) is 5.09. The number of rotatable bonds is 5. The maximum atomic E-state index is 12.5. The van der Waals surface area contributed by atoms with Crippen LogP contribution >= 0.6 is 0 Å². The van der Waals surface area contributed by atoms with Crippen molar-refractivity contribution in [3.63, 3.8) is 0 Å². The third kappa shape index (κ3) is 4.20. The highest BCUT2D eigenvalue weighted by atomic mass is 16.4. The Morgan fingerprint density at radius 2 is 2.00 bits per heavy atom. The Labute approximate surface area is 155 Å². The number of carboxylic acid groups (broad SMARTS) is 1. The van der Waals surface area contributed by atoms with Crippen LogP contribution in [0.15, 0.2) is 30.5 Å². The predicted molar refractivity (Wildman–Crippen MR) is 94.6 cm³/mol. The van der Waals surface area contributed by atoms with E-state index in [0.29, 0.717) is 16.7 Å². The number of aliphatic hydroxyl groups excluding tert-OH is 1. The SMILES string of the molecule is CC(=O)N1C[C@H](O)C[C@H]1C(=O)N[C@@H](Cc1cnc2ccccc2n1)C(=O)O. The van der Waals surface area contributed by atoms with Crippen LogP contribution in [0.25, 0.3) is 11.0 Å². The fraction of sp³-hybridized carbons (Fsp3) is 0.389. The topological polar surface area (TPSA) is 133 Å². The van der Waals surface area contributed by atoms with E-state index < -0.39 is 30.1 Å². The molecular formula is C18H20N4O5. The second-order valence-corrected chi connectivity index (χ2v) is 6.53. The molecule has 0 saturated carbocycles. The maximum absolute atomic E-state index is 12.5. The number of nitrogens with zero attached hydrogens (tertiary/aromatic N) is 3. The van der Waals surface area contributed by atoms with Crippen molar-refractivity contribution in [1.29, 1.82) is 0 Å². The molecule has 0 unspecified atom stereocenters. The molecule has 1 aliphatic heterocycles. The first kappa shape index (κ1) is 18.7. The number of likely N-dealkylation sites (tertiary alicyclic amines) is 1. The van der Waals surface area contributed by atoms with Crippen molar-refractivity contribution in [1.82, 2.24) is 20.2 Å². The number of amides is 2. The molecule has 0 spiro atoms. The Hall–Kier alpha value is -3.07. The van der Waals surface area contributed by atoms with Crippen LogP contribution in [0.4, 0.5) is 0 Å². The average molecular weight is 372 g/mol. The number of hydrogen-bond acceptors (Lipinski definition) is 6. The van der Waals surface area contributed by atoms with Gasteiger partial charge in [-0.05, 0) is 12.1 Å². The number of β-amino-alcohol motifs (C(OH)–C–C–N with tert-alkyl or cyclic N) is 1. The van der Waals surface area contributed by atoms with Crippen LogP contribution in [0, 0.1) is 0 Å². The fourth-order valence-corrected chi connectivity index (χ4v) is 3.18. The van der Waals surface area contributed by atoms with Gasteiger partial charge in [0.05, 0.1) is 22.8 Å². The van der Waals surface area contributed by atoms with E-state index in [9.17, 15) is 24.6 Å². The minimum absolute atomic E-state index is 0.0474. The molecular weight excluding hydrogens is 352 g/mol. The van der Waals surface area contributed by atoms with Crippen LogP contribution in [0.5, 0.6) is 0 Å². The van der Waals surface area contributed by atoms with Crippen molar-refractivity contribution in [2.24, 2.45) is 0 Å². The molecule has 1 saturated heterocycles. The average Bonchev–Trinajstić information content (AvgIpc) is 3.03. The molecule has 2 heterocycles. The number of fused-ring (bicyclic) bond motifs is 1. The van der Waals surface area contributed by atoms with Gasteiger partial charge in [0.15, 0.2) is 0 Å². The van der Waals surface area contributed by atoms with E-state index in [2.05, 4.69) is 15.3 Å². The molecule has 0 radical (unpaired) electrons.